The maximum Gasteiger partial charge on any atom is 0.233 e. The third-order valence-corrected chi connectivity index (χ3v) is 1.72. The van der Waals surface area contributed by atoms with Crippen LogP contribution in [0.15, 0.2) is 10.8 Å². The van der Waals surface area contributed by atoms with Gasteiger partial charge in [0.15, 0.2) is 0 Å². The Morgan fingerprint density at radius 1 is 1.60 bits per heavy atom. The highest BCUT2D eigenvalue weighted by atomic mass is 79.9. The van der Waals surface area contributed by atoms with Crippen LogP contribution < -0.4 is 10.5 Å². The molecule has 10 heavy (non-hydrogen) atoms. The fourth-order valence-corrected chi connectivity index (χ4v) is 0.875. The van der Waals surface area contributed by atoms with Gasteiger partial charge in [-0.2, -0.15) is 0 Å². The van der Waals surface area contributed by atoms with Crippen molar-refractivity contribution in [2.75, 3.05) is 12.8 Å². The van der Waals surface area contributed by atoms with Gasteiger partial charge in [-0.15, -0.1) is 0 Å². The number of anilines is 1. The summed E-state index contributed by atoms with van der Waals surface area (Å²) in [6, 6.07) is 0. The summed E-state index contributed by atoms with van der Waals surface area (Å²) in [7, 11) is 1.52. The van der Waals surface area contributed by atoms with Crippen LogP contribution in [0.2, 0.25) is 0 Å². The molecule has 54 valence electrons. The number of aromatic nitrogens is 2. The molecule has 0 bridgehead atoms. The van der Waals surface area contributed by atoms with Gasteiger partial charge in [0.1, 0.15) is 16.6 Å². The fraction of sp³-hybridized carbons (Fsp3) is 0.200. The Morgan fingerprint density at radius 3 is 2.80 bits per heavy atom. The third-order valence-electron chi connectivity index (χ3n) is 0.978. The average molecular weight is 204 g/mol. The van der Waals surface area contributed by atoms with Crippen molar-refractivity contribution in [1.29, 1.82) is 0 Å². The average Bonchev–Trinajstić information content (AvgIpc) is 1.95. The van der Waals surface area contributed by atoms with Crippen LogP contribution >= 0.6 is 15.9 Å². The van der Waals surface area contributed by atoms with Crippen LogP contribution in [0.4, 0.5) is 5.82 Å². The Hall–Kier alpha value is -0.840. The Kier molecular flexibility index (Phi) is 2.06. The smallest absolute Gasteiger partial charge is 0.233 e. The molecule has 0 saturated carbocycles. The van der Waals surface area contributed by atoms with Gasteiger partial charge in [-0.1, -0.05) is 0 Å². The lowest BCUT2D eigenvalue weighted by Crippen LogP contribution is -1.96. The lowest BCUT2D eigenvalue weighted by Gasteiger charge is -2.00. The molecule has 0 aromatic carbocycles. The molecular weight excluding hydrogens is 198 g/mol. The van der Waals surface area contributed by atoms with E-state index in [-0.39, 0.29) is 0 Å². The number of nitrogens with two attached hydrogens (primary N) is 1. The summed E-state index contributed by atoms with van der Waals surface area (Å²) in [6.45, 7) is 0. The monoisotopic (exact) mass is 203 g/mol. The van der Waals surface area contributed by atoms with E-state index >= 15 is 0 Å². The first-order chi connectivity index (χ1) is 4.75. The summed E-state index contributed by atoms with van der Waals surface area (Å²) < 4.78 is 5.44. The van der Waals surface area contributed by atoms with Crippen LogP contribution in [0.1, 0.15) is 0 Å². The van der Waals surface area contributed by atoms with E-state index in [1.54, 1.807) is 0 Å². The molecule has 0 amide bonds. The third kappa shape index (κ3) is 1.18. The fourth-order valence-electron chi connectivity index (χ4n) is 0.509. The van der Waals surface area contributed by atoms with Gasteiger partial charge in [-0.3, -0.25) is 0 Å². The molecular formula is C5H6BrN3O. The second-order valence-corrected chi connectivity index (χ2v) is 2.38. The lowest BCUT2D eigenvalue weighted by molar-refractivity contribution is 0.394. The van der Waals surface area contributed by atoms with Crippen LogP contribution in [0.25, 0.3) is 0 Å². The van der Waals surface area contributed by atoms with Crippen LogP contribution in [0.3, 0.4) is 0 Å². The second kappa shape index (κ2) is 2.83. The van der Waals surface area contributed by atoms with E-state index in [2.05, 4.69) is 25.9 Å². The molecule has 0 saturated heterocycles. The van der Waals surface area contributed by atoms with E-state index in [1.807, 2.05) is 0 Å². The molecule has 0 atom stereocenters. The molecule has 5 heteroatoms. The molecule has 1 heterocycles. The summed E-state index contributed by atoms with van der Waals surface area (Å²) in [5.41, 5.74) is 5.42. The second-order valence-electron chi connectivity index (χ2n) is 1.58. The van der Waals surface area contributed by atoms with Gasteiger partial charge in [0, 0.05) is 0 Å². The molecule has 0 fully saturated rings. The molecule has 0 unspecified atom stereocenters. The molecule has 0 aliphatic rings. The number of nitrogen functional groups attached to an aromatic ring is 1. The van der Waals surface area contributed by atoms with Crippen molar-refractivity contribution < 1.29 is 4.74 Å². The van der Waals surface area contributed by atoms with Crippen molar-refractivity contribution in [2.45, 2.75) is 0 Å². The zero-order valence-corrected chi connectivity index (χ0v) is 6.92. The Labute approximate surface area is 66.6 Å². The lowest BCUT2D eigenvalue weighted by atomic mass is 10.6. The van der Waals surface area contributed by atoms with Gasteiger partial charge < -0.3 is 10.5 Å². The molecule has 1 aromatic rings. The standard InChI is InChI=1S/C5H6BrN3O/c1-10-5-3(6)4(7)8-2-9-5/h2H,1H3,(H2,7,8,9). The van der Waals surface area contributed by atoms with E-state index in [1.165, 1.54) is 13.4 Å². The Balaban J connectivity index is 3.14. The van der Waals surface area contributed by atoms with Crippen molar-refractivity contribution in [2.24, 2.45) is 0 Å². The predicted molar refractivity (Wildman–Crippen MR) is 40.7 cm³/mol. The SMILES string of the molecule is COc1ncnc(N)c1Br. The Morgan fingerprint density at radius 2 is 2.30 bits per heavy atom. The van der Waals surface area contributed by atoms with E-state index in [0.717, 1.165) is 0 Å². The zero-order chi connectivity index (χ0) is 7.56. The number of ether oxygens (including phenoxy) is 1. The van der Waals surface area contributed by atoms with Crippen LogP contribution in [-0.4, -0.2) is 17.1 Å². The van der Waals surface area contributed by atoms with Gasteiger partial charge in [0.2, 0.25) is 5.88 Å². The zero-order valence-electron chi connectivity index (χ0n) is 5.34. The Bertz CT molecular complexity index is 240. The van der Waals surface area contributed by atoms with Gasteiger partial charge >= 0.3 is 0 Å². The predicted octanol–water partition coefficient (Wildman–Crippen LogP) is 0.830. The molecule has 0 aliphatic heterocycles. The molecule has 4 nitrogen and oxygen atoms in total. The van der Waals surface area contributed by atoms with Crippen molar-refractivity contribution >= 4 is 21.7 Å². The first-order valence-corrected chi connectivity index (χ1v) is 3.35. The van der Waals surface area contributed by atoms with Gasteiger partial charge in [0.05, 0.1) is 7.11 Å². The summed E-state index contributed by atoms with van der Waals surface area (Å²) in [5.74, 6) is 0.833. The highest BCUT2D eigenvalue weighted by Crippen LogP contribution is 2.25. The minimum atomic E-state index is 0.381. The highest BCUT2D eigenvalue weighted by Gasteiger charge is 2.03. The van der Waals surface area contributed by atoms with E-state index in [4.69, 9.17) is 10.5 Å². The number of rotatable bonds is 1. The number of hydrogen-bond acceptors (Lipinski definition) is 4. The number of nitrogens with zero attached hydrogens (tertiary/aromatic N) is 2. The molecule has 2 N–H and O–H groups in total. The minimum Gasteiger partial charge on any atom is -0.480 e. The van der Waals surface area contributed by atoms with Crippen LogP contribution in [0.5, 0.6) is 5.88 Å². The largest absolute Gasteiger partial charge is 0.480 e. The number of hydrogen-bond donors (Lipinski definition) is 1. The van der Waals surface area contributed by atoms with Crippen molar-refractivity contribution in [3.8, 4) is 5.88 Å². The summed E-state index contributed by atoms with van der Waals surface area (Å²) in [5, 5.41) is 0. The topological polar surface area (TPSA) is 61.0 Å². The summed E-state index contributed by atoms with van der Waals surface area (Å²) in [4.78, 5) is 7.52. The quantitative estimate of drug-likeness (QED) is 0.735. The highest BCUT2D eigenvalue weighted by molar-refractivity contribution is 9.10. The van der Waals surface area contributed by atoms with Crippen molar-refractivity contribution in [3.63, 3.8) is 0 Å². The van der Waals surface area contributed by atoms with E-state index < -0.39 is 0 Å². The maximum absolute atomic E-state index is 5.42. The molecule has 0 radical (unpaired) electrons. The van der Waals surface area contributed by atoms with Crippen LogP contribution in [0, 0.1) is 0 Å². The molecule has 0 spiro atoms. The van der Waals surface area contributed by atoms with Crippen molar-refractivity contribution in [1.82, 2.24) is 9.97 Å². The number of halogens is 1. The van der Waals surface area contributed by atoms with Gasteiger partial charge in [-0.25, -0.2) is 9.97 Å². The van der Waals surface area contributed by atoms with E-state index in [9.17, 15) is 0 Å². The maximum atomic E-state index is 5.42. The van der Waals surface area contributed by atoms with Gasteiger partial charge in [0.25, 0.3) is 0 Å². The molecule has 1 aromatic heterocycles. The minimum absolute atomic E-state index is 0.381. The first kappa shape index (κ1) is 7.27. The molecule has 0 aliphatic carbocycles. The molecule has 1 rings (SSSR count). The van der Waals surface area contributed by atoms with Gasteiger partial charge in [-0.05, 0) is 15.9 Å². The van der Waals surface area contributed by atoms with Crippen molar-refractivity contribution in [3.05, 3.63) is 10.8 Å². The summed E-state index contributed by atoms with van der Waals surface area (Å²) in [6.07, 6.45) is 1.35. The number of methoxy groups -OCH3 is 1. The first-order valence-electron chi connectivity index (χ1n) is 2.55. The summed E-state index contributed by atoms with van der Waals surface area (Å²) >= 11 is 3.17. The van der Waals surface area contributed by atoms with Crippen LogP contribution in [-0.2, 0) is 0 Å². The normalized spacial score (nSPS) is 9.40. The van der Waals surface area contributed by atoms with E-state index in [0.29, 0.717) is 16.2 Å².